The highest BCUT2D eigenvalue weighted by molar-refractivity contribution is 7.99. The molecule has 0 aliphatic carbocycles. The van der Waals surface area contributed by atoms with Crippen LogP contribution in [0.2, 0.25) is 5.15 Å². The Labute approximate surface area is 122 Å². The maximum atomic E-state index is 12.1. The Kier molecular flexibility index (Phi) is 5.05. The van der Waals surface area contributed by atoms with E-state index in [1.54, 1.807) is 0 Å². The zero-order valence-corrected chi connectivity index (χ0v) is 12.9. The van der Waals surface area contributed by atoms with Crippen LogP contribution in [0, 0.1) is 13.8 Å². The third-order valence-corrected chi connectivity index (χ3v) is 4.62. The van der Waals surface area contributed by atoms with Crippen LogP contribution in [0.1, 0.15) is 30.7 Å². The molecule has 1 aromatic heterocycles. The molecule has 1 aliphatic rings. The van der Waals surface area contributed by atoms with Crippen molar-refractivity contribution in [2.75, 3.05) is 18.8 Å². The molecular formula is C13H18ClN3OS. The van der Waals surface area contributed by atoms with Crippen LogP contribution in [0.15, 0.2) is 5.03 Å². The van der Waals surface area contributed by atoms with E-state index in [1.807, 2.05) is 18.7 Å². The quantitative estimate of drug-likeness (QED) is 0.636. The maximum absolute atomic E-state index is 12.1. The van der Waals surface area contributed by atoms with Gasteiger partial charge in [0.25, 0.3) is 0 Å². The summed E-state index contributed by atoms with van der Waals surface area (Å²) in [7, 11) is 0. The fourth-order valence-electron chi connectivity index (χ4n) is 2.08. The van der Waals surface area contributed by atoms with E-state index in [4.69, 9.17) is 11.6 Å². The van der Waals surface area contributed by atoms with Gasteiger partial charge in [0.05, 0.1) is 5.75 Å². The van der Waals surface area contributed by atoms with Crippen molar-refractivity contribution in [2.24, 2.45) is 0 Å². The number of carbonyl (C=O) groups excluding carboxylic acids is 1. The standard InChI is InChI=1S/C13H18ClN3OS/c1-9-12(14)15-10(2)16-13(9)19-8-11(18)17-6-4-3-5-7-17/h3-8H2,1-2H3. The van der Waals surface area contributed by atoms with Crippen molar-refractivity contribution in [3.63, 3.8) is 0 Å². The van der Waals surface area contributed by atoms with E-state index in [2.05, 4.69) is 9.97 Å². The van der Waals surface area contributed by atoms with Crippen molar-refractivity contribution in [3.05, 3.63) is 16.5 Å². The lowest BCUT2D eigenvalue weighted by Gasteiger charge is -2.26. The van der Waals surface area contributed by atoms with E-state index in [9.17, 15) is 4.79 Å². The van der Waals surface area contributed by atoms with Gasteiger partial charge < -0.3 is 4.90 Å². The second-order valence-electron chi connectivity index (χ2n) is 4.72. The van der Waals surface area contributed by atoms with E-state index in [1.165, 1.54) is 18.2 Å². The Morgan fingerprint density at radius 3 is 2.63 bits per heavy atom. The zero-order valence-electron chi connectivity index (χ0n) is 11.3. The first-order valence-electron chi connectivity index (χ1n) is 6.49. The number of nitrogens with zero attached hydrogens (tertiary/aromatic N) is 3. The number of thioether (sulfide) groups is 1. The number of piperidine rings is 1. The average Bonchev–Trinajstić information content (AvgIpc) is 2.41. The van der Waals surface area contributed by atoms with Gasteiger partial charge in [-0.2, -0.15) is 0 Å². The molecule has 1 amide bonds. The lowest BCUT2D eigenvalue weighted by Crippen LogP contribution is -2.36. The van der Waals surface area contributed by atoms with Crippen LogP contribution in [0.4, 0.5) is 0 Å². The first kappa shape index (κ1) is 14.6. The second kappa shape index (κ2) is 6.57. The number of aryl methyl sites for hydroxylation is 1. The number of aromatic nitrogens is 2. The predicted molar refractivity (Wildman–Crippen MR) is 77.7 cm³/mol. The van der Waals surface area contributed by atoms with Gasteiger partial charge in [0, 0.05) is 18.7 Å². The van der Waals surface area contributed by atoms with Crippen LogP contribution >= 0.6 is 23.4 Å². The van der Waals surface area contributed by atoms with Crippen LogP contribution in [-0.2, 0) is 4.79 Å². The molecule has 1 fully saturated rings. The number of halogens is 1. The molecule has 0 atom stereocenters. The van der Waals surface area contributed by atoms with Gasteiger partial charge in [0.1, 0.15) is 16.0 Å². The van der Waals surface area contributed by atoms with Crippen LogP contribution in [0.5, 0.6) is 0 Å². The first-order valence-corrected chi connectivity index (χ1v) is 7.85. The highest BCUT2D eigenvalue weighted by Gasteiger charge is 2.17. The number of hydrogen-bond acceptors (Lipinski definition) is 4. The summed E-state index contributed by atoms with van der Waals surface area (Å²) >= 11 is 7.47. The molecule has 1 saturated heterocycles. The Morgan fingerprint density at radius 2 is 1.95 bits per heavy atom. The van der Waals surface area contributed by atoms with Gasteiger partial charge in [-0.1, -0.05) is 23.4 Å². The fourth-order valence-corrected chi connectivity index (χ4v) is 3.30. The smallest absolute Gasteiger partial charge is 0.232 e. The molecule has 0 unspecified atom stereocenters. The van der Waals surface area contributed by atoms with Gasteiger partial charge in [-0.15, -0.1) is 0 Å². The molecule has 0 aromatic carbocycles. The van der Waals surface area contributed by atoms with E-state index in [0.29, 0.717) is 16.7 Å². The van der Waals surface area contributed by atoms with Gasteiger partial charge in [-0.25, -0.2) is 9.97 Å². The molecule has 104 valence electrons. The normalized spacial score (nSPS) is 15.6. The van der Waals surface area contributed by atoms with E-state index in [0.717, 1.165) is 36.5 Å². The summed E-state index contributed by atoms with van der Waals surface area (Å²) in [4.78, 5) is 22.5. The largest absolute Gasteiger partial charge is 0.342 e. The second-order valence-corrected chi connectivity index (χ2v) is 6.04. The minimum absolute atomic E-state index is 0.191. The van der Waals surface area contributed by atoms with Gasteiger partial charge >= 0.3 is 0 Å². The lowest BCUT2D eigenvalue weighted by molar-refractivity contribution is -0.129. The first-order chi connectivity index (χ1) is 9.08. The average molecular weight is 300 g/mol. The third-order valence-electron chi connectivity index (χ3n) is 3.19. The molecule has 4 nitrogen and oxygen atoms in total. The Bertz CT molecular complexity index is 475. The van der Waals surface area contributed by atoms with Crippen molar-refractivity contribution in [1.29, 1.82) is 0 Å². The number of hydrogen-bond donors (Lipinski definition) is 0. The van der Waals surface area contributed by atoms with Gasteiger partial charge in [-0.3, -0.25) is 4.79 Å². The molecule has 1 aromatic rings. The van der Waals surface area contributed by atoms with E-state index >= 15 is 0 Å². The van der Waals surface area contributed by atoms with Crippen molar-refractivity contribution in [2.45, 2.75) is 38.1 Å². The minimum Gasteiger partial charge on any atom is -0.342 e. The van der Waals surface area contributed by atoms with Gasteiger partial charge in [0.2, 0.25) is 5.91 Å². The minimum atomic E-state index is 0.191. The Morgan fingerprint density at radius 1 is 1.26 bits per heavy atom. The van der Waals surface area contributed by atoms with Crippen LogP contribution < -0.4 is 0 Å². The summed E-state index contributed by atoms with van der Waals surface area (Å²) in [6, 6.07) is 0. The molecule has 2 heterocycles. The van der Waals surface area contributed by atoms with Gasteiger partial charge in [0.15, 0.2) is 0 Å². The molecule has 0 radical (unpaired) electrons. The number of rotatable bonds is 3. The van der Waals surface area contributed by atoms with Crippen LogP contribution in [0.3, 0.4) is 0 Å². The zero-order chi connectivity index (χ0) is 13.8. The van der Waals surface area contributed by atoms with Crippen molar-refractivity contribution in [1.82, 2.24) is 14.9 Å². The van der Waals surface area contributed by atoms with Crippen molar-refractivity contribution in [3.8, 4) is 0 Å². The highest BCUT2D eigenvalue weighted by Crippen LogP contribution is 2.25. The van der Waals surface area contributed by atoms with E-state index in [-0.39, 0.29) is 5.91 Å². The number of likely N-dealkylation sites (tertiary alicyclic amines) is 1. The molecule has 6 heteroatoms. The third kappa shape index (κ3) is 3.83. The van der Waals surface area contributed by atoms with Crippen molar-refractivity contribution >= 4 is 29.3 Å². The molecule has 2 rings (SSSR count). The molecule has 0 spiro atoms. The summed E-state index contributed by atoms with van der Waals surface area (Å²) in [5, 5.41) is 1.28. The Balaban J connectivity index is 1.96. The Hall–Kier alpha value is -0.810. The summed E-state index contributed by atoms with van der Waals surface area (Å²) < 4.78 is 0. The predicted octanol–water partition coefficient (Wildman–Crippen LogP) is 2.85. The SMILES string of the molecule is Cc1nc(Cl)c(C)c(SCC(=O)N2CCCCC2)n1. The number of amides is 1. The molecule has 19 heavy (non-hydrogen) atoms. The summed E-state index contributed by atoms with van der Waals surface area (Å²) in [5.41, 5.74) is 0.851. The molecule has 1 aliphatic heterocycles. The summed E-state index contributed by atoms with van der Waals surface area (Å²) in [5.74, 6) is 1.26. The lowest BCUT2D eigenvalue weighted by atomic mass is 10.1. The highest BCUT2D eigenvalue weighted by atomic mass is 35.5. The topological polar surface area (TPSA) is 46.1 Å². The molecule has 0 saturated carbocycles. The van der Waals surface area contributed by atoms with E-state index < -0.39 is 0 Å². The molecular weight excluding hydrogens is 282 g/mol. The molecule has 0 N–H and O–H groups in total. The maximum Gasteiger partial charge on any atom is 0.232 e. The van der Waals surface area contributed by atoms with Crippen molar-refractivity contribution < 1.29 is 4.79 Å². The number of carbonyl (C=O) groups is 1. The summed E-state index contributed by atoms with van der Waals surface area (Å²) in [6.07, 6.45) is 3.47. The summed E-state index contributed by atoms with van der Waals surface area (Å²) in [6.45, 7) is 5.47. The fraction of sp³-hybridized carbons (Fsp3) is 0.615. The van der Waals surface area contributed by atoms with Crippen LogP contribution in [-0.4, -0.2) is 39.6 Å². The van der Waals surface area contributed by atoms with Crippen LogP contribution in [0.25, 0.3) is 0 Å². The van der Waals surface area contributed by atoms with Gasteiger partial charge in [-0.05, 0) is 33.1 Å². The monoisotopic (exact) mass is 299 g/mol. The molecule has 0 bridgehead atoms.